The normalized spacial score (nSPS) is 15.4. The van der Waals surface area contributed by atoms with Gasteiger partial charge in [-0.15, -0.1) is 10.2 Å². The summed E-state index contributed by atoms with van der Waals surface area (Å²) in [5.74, 6) is 1.02. The molecule has 7 nitrogen and oxygen atoms in total. The van der Waals surface area contributed by atoms with Crippen LogP contribution < -0.4 is 10.9 Å². The minimum atomic E-state index is -0.289. The van der Waals surface area contributed by atoms with Gasteiger partial charge in [0, 0.05) is 12.6 Å². The van der Waals surface area contributed by atoms with Crippen LogP contribution in [0.3, 0.4) is 0 Å². The van der Waals surface area contributed by atoms with E-state index in [0.29, 0.717) is 34.8 Å². The van der Waals surface area contributed by atoms with Crippen LogP contribution in [0.5, 0.6) is 0 Å². The van der Waals surface area contributed by atoms with Gasteiger partial charge in [0.05, 0.1) is 16.2 Å². The van der Waals surface area contributed by atoms with Crippen LogP contribution in [-0.2, 0) is 11.3 Å². The number of rotatable bonds is 7. The Kier molecular flexibility index (Phi) is 5.14. The van der Waals surface area contributed by atoms with Gasteiger partial charge in [0.2, 0.25) is 11.7 Å². The van der Waals surface area contributed by atoms with Crippen molar-refractivity contribution in [2.45, 2.75) is 63.0 Å². The third-order valence-electron chi connectivity index (χ3n) is 4.98. The van der Waals surface area contributed by atoms with E-state index in [1.165, 1.54) is 11.8 Å². The monoisotopic (exact) mass is 399 g/mol. The van der Waals surface area contributed by atoms with Crippen molar-refractivity contribution in [2.24, 2.45) is 5.92 Å². The Morgan fingerprint density at radius 3 is 2.71 bits per heavy atom. The number of thioether (sulfide) groups is 1. The van der Waals surface area contributed by atoms with Gasteiger partial charge in [0.25, 0.3) is 5.56 Å². The Hall–Kier alpha value is -2.35. The standard InChI is InChI=1S/C20H25N5O2S/c1-12(2)10-11-24-18(27)15-6-4-5-7-16(15)25-19(24)22-23-20(25)28-13(3)17(26)21-14-8-9-14/h4-7,12-14H,8-11H2,1-3H3,(H,21,26)/t13-/m1/s1. The van der Waals surface area contributed by atoms with Gasteiger partial charge in [0.15, 0.2) is 5.16 Å². The Bertz CT molecular complexity index is 1080. The van der Waals surface area contributed by atoms with Gasteiger partial charge in [-0.05, 0) is 44.2 Å². The van der Waals surface area contributed by atoms with Crippen molar-refractivity contribution in [3.8, 4) is 0 Å². The van der Waals surface area contributed by atoms with Crippen molar-refractivity contribution >= 4 is 34.3 Å². The zero-order valence-corrected chi connectivity index (χ0v) is 17.2. The maximum atomic E-state index is 13.0. The molecule has 0 bridgehead atoms. The molecule has 1 aliphatic carbocycles. The zero-order chi connectivity index (χ0) is 19.8. The highest BCUT2D eigenvalue weighted by atomic mass is 32.2. The van der Waals surface area contributed by atoms with E-state index in [0.717, 1.165) is 24.8 Å². The number of aryl methyl sites for hydroxylation is 1. The van der Waals surface area contributed by atoms with E-state index in [-0.39, 0.29) is 16.7 Å². The third kappa shape index (κ3) is 3.65. The molecule has 8 heteroatoms. The molecule has 1 fully saturated rings. The van der Waals surface area contributed by atoms with Crippen molar-refractivity contribution in [1.82, 2.24) is 24.5 Å². The van der Waals surface area contributed by atoms with Crippen molar-refractivity contribution in [1.29, 1.82) is 0 Å². The number of hydrogen-bond acceptors (Lipinski definition) is 5. The summed E-state index contributed by atoms with van der Waals surface area (Å²) in [5.41, 5.74) is 0.720. The number of nitrogens with one attached hydrogen (secondary N) is 1. The first-order valence-corrected chi connectivity index (χ1v) is 10.7. The summed E-state index contributed by atoms with van der Waals surface area (Å²) in [6.07, 6.45) is 3.00. The molecule has 1 amide bonds. The van der Waals surface area contributed by atoms with E-state index in [4.69, 9.17) is 0 Å². The number of para-hydroxylation sites is 1. The maximum Gasteiger partial charge on any atom is 0.262 e. The van der Waals surface area contributed by atoms with Gasteiger partial charge >= 0.3 is 0 Å². The largest absolute Gasteiger partial charge is 0.352 e. The molecule has 0 saturated heterocycles. The fourth-order valence-electron chi connectivity index (χ4n) is 3.16. The van der Waals surface area contributed by atoms with Gasteiger partial charge in [-0.25, -0.2) is 0 Å². The van der Waals surface area contributed by atoms with Crippen LogP contribution in [0.15, 0.2) is 34.2 Å². The Morgan fingerprint density at radius 2 is 2.00 bits per heavy atom. The van der Waals surface area contributed by atoms with E-state index in [9.17, 15) is 9.59 Å². The number of fused-ring (bicyclic) bond motifs is 3. The fourth-order valence-corrected chi connectivity index (χ4v) is 4.02. The number of benzene rings is 1. The number of carbonyl (C=O) groups excluding carboxylic acids is 1. The molecular weight excluding hydrogens is 374 g/mol. The van der Waals surface area contributed by atoms with Crippen molar-refractivity contribution in [3.05, 3.63) is 34.6 Å². The summed E-state index contributed by atoms with van der Waals surface area (Å²) in [5, 5.41) is 12.6. The Morgan fingerprint density at radius 1 is 1.25 bits per heavy atom. The summed E-state index contributed by atoms with van der Waals surface area (Å²) >= 11 is 1.37. The molecule has 1 aromatic carbocycles. The first-order chi connectivity index (χ1) is 13.5. The van der Waals surface area contributed by atoms with Crippen LogP contribution in [0.1, 0.15) is 40.0 Å². The molecule has 1 aliphatic rings. The van der Waals surface area contributed by atoms with E-state index >= 15 is 0 Å². The van der Waals surface area contributed by atoms with E-state index < -0.39 is 0 Å². The second kappa shape index (κ2) is 7.58. The average Bonchev–Trinajstić information content (AvgIpc) is 3.39. The van der Waals surface area contributed by atoms with Crippen LogP contribution in [0.2, 0.25) is 0 Å². The molecule has 1 atom stereocenters. The molecule has 2 aromatic heterocycles. The second-order valence-electron chi connectivity index (χ2n) is 7.82. The second-order valence-corrected chi connectivity index (χ2v) is 9.13. The highest BCUT2D eigenvalue weighted by molar-refractivity contribution is 8.00. The molecule has 2 heterocycles. The number of aromatic nitrogens is 4. The Balaban J connectivity index is 1.78. The molecule has 3 aromatic rings. The van der Waals surface area contributed by atoms with Gasteiger partial charge in [-0.1, -0.05) is 37.7 Å². The molecule has 148 valence electrons. The van der Waals surface area contributed by atoms with Gasteiger partial charge in [0.1, 0.15) is 0 Å². The molecule has 4 rings (SSSR count). The van der Waals surface area contributed by atoms with Crippen LogP contribution >= 0.6 is 11.8 Å². The lowest BCUT2D eigenvalue weighted by atomic mass is 10.1. The van der Waals surface area contributed by atoms with Crippen LogP contribution in [0.25, 0.3) is 16.7 Å². The molecular formula is C20H25N5O2S. The van der Waals surface area contributed by atoms with E-state index in [1.807, 2.05) is 35.6 Å². The highest BCUT2D eigenvalue weighted by Crippen LogP contribution is 2.26. The highest BCUT2D eigenvalue weighted by Gasteiger charge is 2.27. The summed E-state index contributed by atoms with van der Waals surface area (Å²) in [7, 11) is 0. The van der Waals surface area contributed by atoms with E-state index in [1.54, 1.807) is 4.57 Å². The Labute approximate surface area is 167 Å². The topological polar surface area (TPSA) is 81.3 Å². The molecule has 1 saturated carbocycles. The van der Waals surface area contributed by atoms with Crippen molar-refractivity contribution in [3.63, 3.8) is 0 Å². The number of carbonyl (C=O) groups is 1. The quantitative estimate of drug-likeness (QED) is 0.618. The first kappa shape index (κ1) is 19.0. The van der Waals surface area contributed by atoms with Gasteiger partial charge in [-0.3, -0.25) is 18.6 Å². The van der Waals surface area contributed by atoms with Gasteiger partial charge < -0.3 is 5.32 Å². The van der Waals surface area contributed by atoms with E-state index in [2.05, 4.69) is 29.4 Å². The zero-order valence-electron chi connectivity index (χ0n) is 16.4. The predicted molar refractivity (Wildman–Crippen MR) is 111 cm³/mol. The third-order valence-corrected chi connectivity index (χ3v) is 6.03. The lowest BCUT2D eigenvalue weighted by Gasteiger charge is -2.13. The SMILES string of the molecule is CC(C)CCn1c(=O)c2ccccc2n2c(S[C@H](C)C(=O)NC3CC3)nnc12. The predicted octanol–water partition coefficient (Wildman–Crippen LogP) is 2.85. The lowest BCUT2D eigenvalue weighted by molar-refractivity contribution is -0.120. The summed E-state index contributed by atoms with van der Waals surface area (Å²) in [4.78, 5) is 25.4. The van der Waals surface area contributed by atoms with Crippen LogP contribution in [0.4, 0.5) is 0 Å². The fraction of sp³-hybridized carbons (Fsp3) is 0.500. The van der Waals surface area contributed by atoms with Crippen molar-refractivity contribution < 1.29 is 4.79 Å². The lowest BCUT2D eigenvalue weighted by Crippen LogP contribution is -2.32. The first-order valence-electron chi connectivity index (χ1n) is 9.79. The minimum absolute atomic E-state index is 0.0154. The molecule has 28 heavy (non-hydrogen) atoms. The summed E-state index contributed by atoms with van der Waals surface area (Å²) in [6.45, 7) is 6.73. The molecule has 0 aliphatic heterocycles. The van der Waals surface area contributed by atoms with Crippen LogP contribution in [0, 0.1) is 5.92 Å². The number of amides is 1. The summed E-state index contributed by atoms with van der Waals surface area (Å²) < 4.78 is 3.61. The smallest absolute Gasteiger partial charge is 0.262 e. The number of hydrogen-bond donors (Lipinski definition) is 1. The molecule has 0 spiro atoms. The molecule has 1 N–H and O–H groups in total. The van der Waals surface area contributed by atoms with Gasteiger partial charge in [-0.2, -0.15) is 0 Å². The minimum Gasteiger partial charge on any atom is -0.352 e. The summed E-state index contributed by atoms with van der Waals surface area (Å²) in [6, 6.07) is 7.83. The number of nitrogens with zero attached hydrogens (tertiary/aromatic N) is 4. The maximum absolute atomic E-state index is 13.0. The average molecular weight is 400 g/mol. The molecule has 0 unspecified atom stereocenters. The molecule has 0 radical (unpaired) electrons. The van der Waals surface area contributed by atoms with Crippen molar-refractivity contribution in [2.75, 3.05) is 0 Å². The van der Waals surface area contributed by atoms with Crippen LogP contribution in [-0.4, -0.2) is 36.4 Å².